The van der Waals surface area contributed by atoms with E-state index in [0.29, 0.717) is 5.82 Å². The van der Waals surface area contributed by atoms with Crippen LogP contribution in [0.1, 0.15) is 0 Å². The first-order valence-corrected chi connectivity index (χ1v) is 9.20. The normalized spacial score (nSPS) is 6.75. The summed E-state index contributed by atoms with van der Waals surface area (Å²) < 4.78 is 0. The van der Waals surface area contributed by atoms with Crippen molar-refractivity contribution in [2.45, 2.75) is 0 Å². The van der Waals surface area contributed by atoms with Gasteiger partial charge in [0.25, 0.3) is 15.3 Å². The van der Waals surface area contributed by atoms with Crippen LogP contribution in [0.3, 0.4) is 0 Å². The van der Waals surface area contributed by atoms with Gasteiger partial charge in [0.15, 0.2) is 5.82 Å². The van der Waals surface area contributed by atoms with Crippen molar-refractivity contribution >= 4 is 0 Å². The van der Waals surface area contributed by atoms with Crippen molar-refractivity contribution in [1.29, 1.82) is 0 Å². The molecular formula is C19H34Cl3N14O9Pt3+3. The summed E-state index contributed by atoms with van der Waals surface area (Å²) in [5, 5.41) is 40.9. The minimum absolute atomic E-state index is 0. The van der Waals surface area contributed by atoms with Crippen LogP contribution in [0.4, 0.5) is 0 Å². The van der Waals surface area contributed by atoms with Gasteiger partial charge in [0.2, 0.25) is 0 Å². The summed E-state index contributed by atoms with van der Waals surface area (Å²) in [6, 6.07) is 13.5. The Balaban J connectivity index is -0.0000000479. The van der Waals surface area contributed by atoms with Crippen molar-refractivity contribution in [2.75, 3.05) is 0 Å². The number of pyridine rings is 3. The SMILES string of the molecule is N.N.N.N.N.N.O=[N+]([O-])O.O=[N+]([O-])O.O=[N+]([O-])O.[Cl-].[Cl-].[Cl-].[Pt+2].[Pt+2].[Pt+2].c1cc(-c2cc(-c3ccncc3)nc(-c3ccncc3)n2)ccn1. The van der Waals surface area contributed by atoms with Gasteiger partial charge in [-0.3, -0.25) is 15.0 Å². The molecule has 21 N–H and O–H groups in total. The number of nitrogens with zero attached hydrogens (tertiary/aromatic N) is 8. The van der Waals surface area contributed by atoms with E-state index in [-0.39, 0.29) is 137 Å². The van der Waals surface area contributed by atoms with E-state index < -0.39 is 15.3 Å². The van der Waals surface area contributed by atoms with Crippen molar-refractivity contribution in [1.82, 2.24) is 61.8 Å². The molecule has 29 heteroatoms. The van der Waals surface area contributed by atoms with Gasteiger partial charge in [-0.25, -0.2) is 9.97 Å². The summed E-state index contributed by atoms with van der Waals surface area (Å²) in [6.07, 6.45) is 10.5. The molecule has 0 aromatic carbocycles. The summed E-state index contributed by atoms with van der Waals surface area (Å²) >= 11 is 0. The monoisotopic (exact) mass is 1290 g/mol. The minimum atomic E-state index is -1.50. The molecule has 0 aliphatic heterocycles. The first-order valence-electron chi connectivity index (χ1n) is 9.20. The van der Waals surface area contributed by atoms with Gasteiger partial charge in [-0.05, 0) is 42.5 Å². The molecule has 0 fully saturated rings. The molecule has 48 heavy (non-hydrogen) atoms. The Morgan fingerprint density at radius 1 is 0.458 bits per heavy atom. The smallest absolute Gasteiger partial charge is 1.00 e. The molecule has 0 radical (unpaired) electrons. The van der Waals surface area contributed by atoms with Crippen molar-refractivity contribution < 1.29 is 131 Å². The van der Waals surface area contributed by atoms with Crippen LogP contribution < -0.4 is 74.1 Å². The number of hydrogen-bond acceptors (Lipinski definition) is 17. The van der Waals surface area contributed by atoms with Gasteiger partial charge in [-0.15, -0.1) is 30.3 Å². The summed E-state index contributed by atoms with van der Waals surface area (Å²) in [4.78, 5) is 46.7. The van der Waals surface area contributed by atoms with E-state index in [9.17, 15) is 0 Å². The second-order valence-electron chi connectivity index (χ2n) is 5.88. The maximum atomic E-state index is 8.36. The Hall–Kier alpha value is -3.18. The van der Waals surface area contributed by atoms with Gasteiger partial charge in [-0.1, -0.05) is 0 Å². The van der Waals surface area contributed by atoms with E-state index in [1.54, 1.807) is 37.2 Å². The van der Waals surface area contributed by atoms with Crippen LogP contribution in [0.5, 0.6) is 0 Å². The molecule has 0 aliphatic carbocycles. The maximum Gasteiger partial charge on any atom is 2.00 e. The van der Waals surface area contributed by atoms with E-state index in [4.69, 9.17) is 55.9 Å². The molecule has 0 bridgehead atoms. The van der Waals surface area contributed by atoms with Crippen LogP contribution in [0.2, 0.25) is 0 Å². The summed E-state index contributed by atoms with van der Waals surface area (Å²) in [7, 11) is 0. The molecule has 0 saturated heterocycles. The molecule has 0 unspecified atom stereocenters. The zero-order valence-corrected chi connectivity index (χ0v) is 33.3. The molecule has 0 aliphatic rings. The summed E-state index contributed by atoms with van der Waals surface area (Å²) in [5.74, 6) is 0.665. The summed E-state index contributed by atoms with van der Waals surface area (Å²) in [5.41, 5.74) is 4.63. The van der Waals surface area contributed by atoms with Crippen molar-refractivity contribution in [3.63, 3.8) is 0 Å². The zero-order chi connectivity index (χ0) is 26.9. The van der Waals surface area contributed by atoms with Crippen LogP contribution in [0, 0.1) is 30.3 Å². The number of hydrogen-bond donors (Lipinski definition) is 9. The molecule has 0 spiro atoms. The Labute approximate surface area is 334 Å². The van der Waals surface area contributed by atoms with Crippen molar-refractivity contribution in [3.8, 4) is 33.9 Å². The second-order valence-corrected chi connectivity index (χ2v) is 5.88. The van der Waals surface area contributed by atoms with E-state index in [1.807, 2.05) is 42.5 Å². The van der Waals surface area contributed by atoms with Crippen molar-refractivity contribution in [3.05, 3.63) is 110 Å². The van der Waals surface area contributed by atoms with Crippen LogP contribution >= 0.6 is 0 Å². The quantitative estimate of drug-likeness (QED) is 0.0683. The fourth-order valence-electron chi connectivity index (χ4n) is 2.42. The van der Waals surface area contributed by atoms with E-state index in [1.165, 1.54) is 0 Å². The van der Waals surface area contributed by atoms with Crippen LogP contribution in [0.25, 0.3) is 33.9 Å². The Kier molecular flexibility index (Phi) is 76.5. The maximum absolute atomic E-state index is 8.36. The standard InChI is InChI=1S/C19H13N5.3ClH.3HNO3.6H3N.3Pt/c1-7-20-8-2-14(1)17-13-18(15-3-9-21-10-4-15)24-19(23-17)16-5-11-22-12-6-16;;;;3*2-1(3)4;;;;;;;;;/h1-13H;3*1H;3*(H,2,3,4);6*1H3;;;/q;;;;;;;;;;;;;3*+2/p-3. The topological polar surface area (TPSA) is 465 Å². The largest absolute Gasteiger partial charge is 2.00 e. The molecule has 0 amide bonds. The molecule has 4 aromatic rings. The Morgan fingerprint density at radius 2 is 0.646 bits per heavy atom. The minimum Gasteiger partial charge on any atom is -1.00 e. The Bertz CT molecular complexity index is 1110. The molecule has 4 rings (SSSR count). The van der Waals surface area contributed by atoms with Gasteiger partial charge < -0.3 is 89.7 Å². The molecule has 4 aromatic heterocycles. The van der Waals surface area contributed by atoms with Gasteiger partial charge in [0, 0.05) is 53.9 Å². The Morgan fingerprint density at radius 3 is 0.854 bits per heavy atom. The molecule has 282 valence electrons. The fourth-order valence-corrected chi connectivity index (χ4v) is 2.42. The van der Waals surface area contributed by atoms with E-state index in [0.717, 1.165) is 28.1 Å². The van der Waals surface area contributed by atoms with Gasteiger partial charge in [-0.2, -0.15) is 0 Å². The fraction of sp³-hybridized carbons (Fsp3) is 0. The molecule has 0 atom stereocenters. The first-order chi connectivity index (χ1) is 17.1. The second kappa shape index (κ2) is 45.9. The third-order valence-electron chi connectivity index (χ3n) is 3.62. The molecular weight excluding hydrogens is 1260 g/mol. The van der Waals surface area contributed by atoms with Crippen LogP contribution in [-0.4, -0.2) is 55.8 Å². The average molecular weight is 1290 g/mol. The molecule has 23 nitrogen and oxygen atoms in total. The van der Waals surface area contributed by atoms with Gasteiger partial charge >= 0.3 is 63.2 Å². The first kappa shape index (κ1) is 79.9. The predicted molar refractivity (Wildman–Crippen MR) is 148 cm³/mol. The third-order valence-corrected chi connectivity index (χ3v) is 3.62. The van der Waals surface area contributed by atoms with E-state index >= 15 is 0 Å². The molecule has 0 saturated carbocycles. The van der Waals surface area contributed by atoms with Gasteiger partial charge in [0.05, 0.1) is 11.4 Å². The third kappa shape index (κ3) is 37.3. The molecule has 4 heterocycles. The number of rotatable bonds is 3. The van der Waals surface area contributed by atoms with Crippen molar-refractivity contribution in [2.24, 2.45) is 0 Å². The van der Waals surface area contributed by atoms with Crippen LogP contribution in [-0.2, 0) is 63.2 Å². The van der Waals surface area contributed by atoms with Crippen LogP contribution in [0.15, 0.2) is 79.6 Å². The number of halogens is 3. The summed E-state index contributed by atoms with van der Waals surface area (Å²) in [6.45, 7) is 0. The van der Waals surface area contributed by atoms with E-state index in [2.05, 4.69) is 15.0 Å². The average Bonchev–Trinajstić information content (AvgIpc) is 2.84. The van der Waals surface area contributed by atoms with Gasteiger partial charge in [0.1, 0.15) is 0 Å². The number of aromatic nitrogens is 5. The zero-order valence-electron chi connectivity index (χ0n) is 24.2. The predicted octanol–water partition coefficient (Wildman–Crippen LogP) is -5.40.